The van der Waals surface area contributed by atoms with Gasteiger partial charge in [0.15, 0.2) is 0 Å². The van der Waals surface area contributed by atoms with Crippen LogP contribution in [0, 0.1) is 0 Å². The molecule has 11 aromatic rings. The van der Waals surface area contributed by atoms with Gasteiger partial charge in [-0.05, 0) is 92.7 Å². The van der Waals surface area contributed by atoms with Gasteiger partial charge in [-0.25, -0.2) is 0 Å². The topological polar surface area (TPSA) is 3.24 Å². The van der Waals surface area contributed by atoms with Crippen LogP contribution in [0.3, 0.4) is 0 Å². The van der Waals surface area contributed by atoms with Crippen molar-refractivity contribution in [2.75, 3.05) is 4.90 Å². The van der Waals surface area contributed by atoms with E-state index in [0.29, 0.717) is 0 Å². The van der Waals surface area contributed by atoms with Crippen molar-refractivity contribution in [3.8, 4) is 33.4 Å². The Morgan fingerprint density at radius 3 is 1.67 bits per heavy atom. The van der Waals surface area contributed by atoms with Crippen molar-refractivity contribution in [2.45, 2.75) is 0 Å². The van der Waals surface area contributed by atoms with Crippen LogP contribution in [0.4, 0.5) is 17.1 Å². The van der Waals surface area contributed by atoms with Crippen LogP contribution in [0.5, 0.6) is 0 Å². The monoisotopic (exact) mass is 735 g/mol. The van der Waals surface area contributed by atoms with Gasteiger partial charge in [0.1, 0.15) is 0 Å². The quantitative estimate of drug-likeness (QED) is 0.164. The van der Waals surface area contributed by atoms with Crippen molar-refractivity contribution in [1.29, 1.82) is 0 Å². The van der Waals surface area contributed by atoms with E-state index >= 15 is 0 Å². The molecule has 1 nitrogen and oxygen atoms in total. The maximum Gasteiger partial charge on any atom is 0.0467 e. The number of hydrogen-bond acceptors (Lipinski definition) is 3. The van der Waals surface area contributed by atoms with Gasteiger partial charge in [0, 0.05) is 57.4 Å². The molecule has 2 heterocycles. The summed E-state index contributed by atoms with van der Waals surface area (Å²) in [5.74, 6) is 0. The molecule has 0 aliphatic carbocycles. The third kappa shape index (κ3) is 5.43. The zero-order valence-electron chi connectivity index (χ0n) is 29.8. The van der Waals surface area contributed by atoms with Crippen LogP contribution in [-0.4, -0.2) is 0 Å². The lowest BCUT2D eigenvalue weighted by Crippen LogP contribution is -2.10. The number of benzene rings is 9. The van der Waals surface area contributed by atoms with Crippen molar-refractivity contribution in [2.24, 2.45) is 0 Å². The van der Waals surface area contributed by atoms with Crippen molar-refractivity contribution in [3.05, 3.63) is 200 Å². The van der Waals surface area contributed by atoms with E-state index in [2.05, 4.69) is 205 Å². The van der Waals surface area contributed by atoms with Crippen molar-refractivity contribution >= 4 is 90.9 Å². The van der Waals surface area contributed by atoms with Crippen LogP contribution in [0.1, 0.15) is 0 Å². The molecule has 258 valence electrons. The zero-order valence-corrected chi connectivity index (χ0v) is 31.4. The van der Waals surface area contributed by atoms with E-state index in [1.165, 1.54) is 84.5 Å². The van der Waals surface area contributed by atoms with E-state index in [4.69, 9.17) is 0 Å². The van der Waals surface area contributed by atoms with Crippen LogP contribution in [0.15, 0.2) is 200 Å². The molecule has 9 aromatic carbocycles. The van der Waals surface area contributed by atoms with Gasteiger partial charge >= 0.3 is 0 Å². The summed E-state index contributed by atoms with van der Waals surface area (Å²) in [6.45, 7) is 0. The van der Waals surface area contributed by atoms with Gasteiger partial charge in [-0.15, -0.1) is 22.7 Å². The average Bonchev–Trinajstić information content (AvgIpc) is 3.84. The average molecular weight is 736 g/mol. The first-order chi connectivity index (χ1) is 27.3. The van der Waals surface area contributed by atoms with Crippen molar-refractivity contribution in [3.63, 3.8) is 0 Å². The largest absolute Gasteiger partial charge is 0.310 e. The molecule has 0 atom stereocenters. The number of hydrogen-bond donors (Lipinski definition) is 0. The fraction of sp³-hybridized carbons (Fsp3) is 0. The van der Waals surface area contributed by atoms with Crippen LogP contribution >= 0.6 is 22.7 Å². The number of rotatable bonds is 6. The molecule has 0 saturated heterocycles. The van der Waals surface area contributed by atoms with Gasteiger partial charge in [0.25, 0.3) is 0 Å². The third-order valence-electron chi connectivity index (χ3n) is 10.9. The lowest BCUT2D eigenvalue weighted by Gasteiger charge is -2.26. The molecule has 0 aliphatic rings. The fourth-order valence-corrected chi connectivity index (χ4v) is 10.7. The lowest BCUT2D eigenvalue weighted by molar-refractivity contribution is 1.28. The Hall–Kier alpha value is -6.52. The van der Waals surface area contributed by atoms with Gasteiger partial charge in [0.05, 0.1) is 0 Å². The summed E-state index contributed by atoms with van der Waals surface area (Å²) in [4.78, 5) is 2.39. The molecule has 11 rings (SSSR count). The second-order valence-electron chi connectivity index (χ2n) is 14.1. The summed E-state index contributed by atoms with van der Waals surface area (Å²) >= 11 is 3.77. The van der Waals surface area contributed by atoms with E-state index < -0.39 is 0 Å². The van der Waals surface area contributed by atoms with E-state index in [9.17, 15) is 0 Å². The first-order valence-corrected chi connectivity index (χ1v) is 20.3. The molecular weight excluding hydrogens is 703 g/mol. The Morgan fingerprint density at radius 1 is 0.309 bits per heavy atom. The molecule has 0 unspecified atom stereocenters. The predicted molar refractivity (Wildman–Crippen MR) is 241 cm³/mol. The van der Waals surface area contributed by atoms with Crippen molar-refractivity contribution < 1.29 is 0 Å². The highest BCUT2D eigenvalue weighted by atomic mass is 32.1. The molecule has 0 radical (unpaired) electrons. The van der Waals surface area contributed by atoms with Crippen molar-refractivity contribution in [1.82, 2.24) is 0 Å². The Morgan fingerprint density at radius 2 is 0.873 bits per heavy atom. The maximum absolute atomic E-state index is 2.39. The zero-order chi connectivity index (χ0) is 36.3. The van der Waals surface area contributed by atoms with Crippen LogP contribution in [0.25, 0.3) is 84.5 Å². The number of nitrogens with zero attached hydrogens (tertiary/aromatic N) is 1. The highest BCUT2D eigenvalue weighted by molar-refractivity contribution is 7.26. The molecule has 0 bridgehead atoms. The standard InChI is InChI=1S/C52H33NS2/c1-2-11-34(12-3-1)35-23-28-39(29-24-35)53(41-15-8-14-38(33-41)44-19-9-20-46-45-17-6-7-22-48(45)54-51(44)46)40-30-25-37(26-31-40)43-18-10-21-47-50-42-16-5-4-13-36(42)27-32-49(50)55-52(43)47/h1-33H. The molecule has 0 amide bonds. The van der Waals surface area contributed by atoms with E-state index in [1.54, 1.807) is 0 Å². The summed E-state index contributed by atoms with van der Waals surface area (Å²) in [5.41, 5.74) is 10.7. The molecule has 0 N–H and O–H groups in total. The Bertz CT molecular complexity index is 3190. The SMILES string of the molecule is c1ccc(-c2ccc(N(c3ccc(-c4cccc5c4sc4ccc6ccccc6c45)cc3)c3cccc(-c4cccc5c4sc4ccccc45)c3)cc2)cc1. The molecule has 55 heavy (non-hydrogen) atoms. The van der Waals surface area contributed by atoms with E-state index in [-0.39, 0.29) is 0 Å². The van der Waals surface area contributed by atoms with E-state index in [1.807, 2.05) is 22.7 Å². The minimum Gasteiger partial charge on any atom is -0.310 e. The smallest absolute Gasteiger partial charge is 0.0467 e. The Balaban J connectivity index is 1.03. The molecule has 0 spiro atoms. The van der Waals surface area contributed by atoms with Crippen LogP contribution in [0.2, 0.25) is 0 Å². The van der Waals surface area contributed by atoms with Gasteiger partial charge in [0.2, 0.25) is 0 Å². The van der Waals surface area contributed by atoms with Gasteiger partial charge in [-0.1, -0.05) is 152 Å². The molecule has 0 saturated carbocycles. The summed E-state index contributed by atoms with van der Waals surface area (Å²) in [5, 5.41) is 7.91. The number of anilines is 3. The Kier molecular flexibility index (Phi) is 7.61. The summed E-state index contributed by atoms with van der Waals surface area (Å²) < 4.78 is 5.31. The lowest BCUT2D eigenvalue weighted by atomic mass is 9.99. The summed E-state index contributed by atoms with van der Waals surface area (Å²) in [7, 11) is 0. The minimum atomic E-state index is 1.11. The maximum atomic E-state index is 2.39. The van der Waals surface area contributed by atoms with Crippen LogP contribution < -0.4 is 4.90 Å². The first-order valence-electron chi connectivity index (χ1n) is 18.7. The first kappa shape index (κ1) is 32.0. The number of fused-ring (bicyclic) bond motifs is 8. The molecule has 2 aromatic heterocycles. The van der Waals surface area contributed by atoms with E-state index in [0.717, 1.165) is 17.1 Å². The Labute approximate surface area is 327 Å². The highest BCUT2D eigenvalue weighted by Crippen LogP contribution is 2.45. The fourth-order valence-electron chi connectivity index (χ4n) is 8.25. The second-order valence-corrected chi connectivity index (χ2v) is 16.2. The van der Waals surface area contributed by atoms with Gasteiger partial charge < -0.3 is 4.90 Å². The highest BCUT2D eigenvalue weighted by Gasteiger charge is 2.18. The van der Waals surface area contributed by atoms with Gasteiger partial charge in [-0.3, -0.25) is 0 Å². The van der Waals surface area contributed by atoms with Crippen LogP contribution in [-0.2, 0) is 0 Å². The summed E-state index contributed by atoms with van der Waals surface area (Å²) in [6.07, 6.45) is 0. The molecule has 0 fully saturated rings. The third-order valence-corrected chi connectivity index (χ3v) is 13.3. The minimum absolute atomic E-state index is 1.11. The summed E-state index contributed by atoms with van der Waals surface area (Å²) in [6, 6.07) is 73.2. The molecular formula is C52H33NS2. The second kappa shape index (κ2) is 13.1. The molecule has 0 aliphatic heterocycles. The van der Waals surface area contributed by atoms with Gasteiger partial charge in [-0.2, -0.15) is 0 Å². The predicted octanol–water partition coefficient (Wildman–Crippen LogP) is 16.0. The number of thiophene rings is 2. The normalized spacial score (nSPS) is 11.6. The molecule has 3 heteroatoms.